The smallest absolute Gasteiger partial charge is 0.00358 e. The van der Waals surface area contributed by atoms with E-state index in [0.717, 1.165) is 40.8 Å². The van der Waals surface area contributed by atoms with E-state index in [9.17, 15) is 0 Å². The van der Waals surface area contributed by atoms with Gasteiger partial charge in [-0.1, -0.05) is 134 Å². The molecule has 6 fully saturated rings. The van der Waals surface area contributed by atoms with Gasteiger partial charge >= 0.3 is 0 Å². The maximum atomic E-state index is 5.27. The lowest BCUT2D eigenvalue weighted by molar-refractivity contribution is -0.0755. The van der Waals surface area contributed by atoms with Gasteiger partial charge < -0.3 is 0 Å². The second-order valence-corrected chi connectivity index (χ2v) is 24.8. The van der Waals surface area contributed by atoms with Gasteiger partial charge in [-0.05, 0) is 199 Å². The van der Waals surface area contributed by atoms with Crippen LogP contribution in [0.4, 0.5) is 0 Å². The first-order valence-corrected chi connectivity index (χ1v) is 25.7. The zero-order valence-electron chi connectivity index (χ0n) is 39.4. The molecule has 0 radical (unpaired) electrons. The highest BCUT2D eigenvalue weighted by Gasteiger charge is 2.68. The molecule has 0 aromatic carbocycles. The zero-order chi connectivity index (χ0) is 40.3. The predicted octanol–water partition coefficient (Wildman–Crippen LogP) is 17.4. The van der Waals surface area contributed by atoms with Crippen LogP contribution in [-0.2, 0) is 0 Å². The van der Waals surface area contributed by atoms with Gasteiger partial charge in [0, 0.05) is 0 Å². The summed E-state index contributed by atoms with van der Waals surface area (Å²) in [5, 5.41) is 0. The highest BCUT2D eigenvalue weighted by molar-refractivity contribution is 7.80. The monoisotopic (exact) mass is 777 g/mol. The van der Waals surface area contributed by atoms with Crippen LogP contribution in [0.2, 0.25) is 0 Å². The molecule has 0 aliphatic heterocycles. The summed E-state index contributed by atoms with van der Waals surface area (Å²) >= 11 is 5.27. The average molecular weight is 777 g/mol. The van der Waals surface area contributed by atoms with Crippen molar-refractivity contribution < 1.29 is 0 Å². The van der Waals surface area contributed by atoms with Crippen LogP contribution in [0.15, 0.2) is 12.7 Å². The molecule has 318 valence electrons. The first-order valence-electron chi connectivity index (χ1n) is 25.1. The Bertz CT molecular complexity index is 1300. The lowest BCUT2D eigenvalue weighted by atomic mass is 9.48. The van der Waals surface area contributed by atoms with E-state index < -0.39 is 0 Å². The maximum Gasteiger partial charge on any atom is -0.00358 e. The van der Waals surface area contributed by atoms with E-state index in [1.165, 1.54) is 154 Å². The van der Waals surface area contributed by atoms with Crippen molar-refractivity contribution >= 4 is 12.6 Å². The highest BCUT2D eigenvalue weighted by atomic mass is 32.1. The van der Waals surface area contributed by atoms with Gasteiger partial charge in [-0.15, -0.1) is 6.58 Å². The third-order valence-corrected chi connectivity index (χ3v) is 23.1. The summed E-state index contributed by atoms with van der Waals surface area (Å²) in [5.74, 6) is 6.16. The quantitative estimate of drug-likeness (QED) is 0.0623. The van der Waals surface area contributed by atoms with E-state index in [0.29, 0.717) is 49.2 Å². The molecule has 6 rings (SSSR count). The van der Waals surface area contributed by atoms with E-state index in [-0.39, 0.29) is 0 Å². The fourth-order valence-corrected chi connectivity index (χ4v) is 16.3. The molecule has 0 N–H and O–H groups in total. The van der Waals surface area contributed by atoms with Crippen LogP contribution in [0.1, 0.15) is 237 Å². The number of rotatable bonds is 27. The summed E-state index contributed by atoms with van der Waals surface area (Å²) < 4.78 is 0. The fraction of sp³-hybridized carbons (Fsp3) is 0.963. The molecular formula is C54H96S. The van der Waals surface area contributed by atoms with Crippen molar-refractivity contribution in [2.75, 3.05) is 5.75 Å². The summed E-state index contributed by atoms with van der Waals surface area (Å²) in [4.78, 5) is 0. The molecule has 0 aromatic rings. The predicted molar refractivity (Wildman–Crippen MR) is 246 cm³/mol. The van der Waals surface area contributed by atoms with Crippen LogP contribution in [0.25, 0.3) is 0 Å². The Hall–Kier alpha value is 0.0900. The lowest BCUT2D eigenvalue weighted by Crippen LogP contribution is -2.50. The van der Waals surface area contributed by atoms with Crippen molar-refractivity contribution in [2.24, 2.45) is 84.2 Å². The Morgan fingerprint density at radius 2 is 1.44 bits per heavy atom. The van der Waals surface area contributed by atoms with E-state index in [4.69, 9.17) is 12.6 Å². The summed E-state index contributed by atoms with van der Waals surface area (Å²) in [5.41, 5.74) is 4.05. The standard InChI is InChI=1S/C54H96S/c1-14-20-42(46(7,8)50(12,39-55)44-38-45(44)52(32-33-52)29-23-41-21-22-41)24-28-47(9,17-4)51(13,18-5)54(36-37-54)40(6)43(16-3)53(34-35-53)31-30-48(10,25-15-2)49(11)26-19-27-49/h16,40-45,55H,3,14-15,17-39H2,1-2,4-13H3. The fourth-order valence-electron chi connectivity index (χ4n) is 15.6. The molecule has 0 aromatic heterocycles. The molecule has 0 bridgehead atoms. The Labute approximate surface area is 351 Å². The van der Waals surface area contributed by atoms with Gasteiger partial charge in [-0.3, -0.25) is 0 Å². The summed E-state index contributed by atoms with van der Waals surface area (Å²) in [6.07, 6.45) is 37.0. The Morgan fingerprint density at radius 1 is 0.782 bits per heavy atom. The molecule has 1 heteroatoms. The molecule has 6 aliphatic carbocycles. The van der Waals surface area contributed by atoms with Crippen molar-refractivity contribution in [1.82, 2.24) is 0 Å². The van der Waals surface area contributed by atoms with Gasteiger partial charge in [0.2, 0.25) is 0 Å². The summed E-state index contributed by atoms with van der Waals surface area (Å²) in [6.45, 7) is 36.5. The molecule has 55 heavy (non-hydrogen) atoms. The van der Waals surface area contributed by atoms with E-state index in [1.54, 1.807) is 0 Å². The highest BCUT2D eigenvalue weighted by Crippen LogP contribution is 2.77. The van der Waals surface area contributed by atoms with Gasteiger partial charge in [-0.25, -0.2) is 0 Å². The third-order valence-electron chi connectivity index (χ3n) is 22.4. The second kappa shape index (κ2) is 15.8. The third kappa shape index (κ3) is 7.59. The van der Waals surface area contributed by atoms with Crippen LogP contribution >= 0.6 is 12.6 Å². The van der Waals surface area contributed by atoms with Crippen molar-refractivity contribution in [3.05, 3.63) is 12.7 Å². The minimum absolute atomic E-state index is 0.299. The first kappa shape index (κ1) is 44.6. The van der Waals surface area contributed by atoms with Crippen molar-refractivity contribution in [3.8, 4) is 0 Å². The number of hydrogen-bond donors (Lipinski definition) is 1. The molecule has 0 nitrogen and oxygen atoms in total. The molecule has 6 saturated carbocycles. The normalized spacial score (nSPS) is 31.7. The van der Waals surface area contributed by atoms with E-state index in [2.05, 4.69) is 95.7 Å². The van der Waals surface area contributed by atoms with Crippen molar-refractivity contribution in [2.45, 2.75) is 237 Å². The number of allylic oxidation sites excluding steroid dienone is 1. The van der Waals surface area contributed by atoms with Gasteiger partial charge in [0.15, 0.2) is 0 Å². The maximum absolute atomic E-state index is 5.27. The van der Waals surface area contributed by atoms with Gasteiger partial charge in [0.1, 0.15) is 0 Å². The minimum atomic E-state index is 0.299. The van der Waals surface area contributed by atoms with Crippen LogP contribution < -0.4 is 0 Å². The van der Waals surface area contributed by atoms with Crippen molar-refractivity contribution in [1.29, 1.82) is 0 Å². The molecule has 0 amide bonds. The largest absolute Gasteiger partial charge is 0.179 e. The van der Waals surface area contributed by atoms with Crippen LogP contribution in [-0.4, -0.2) is 5.75 Å². The van der Waals surface area contributed by atoms with Gasteiger partial charge in [-0.2, -0.15) is 12.6 Å². The Kier molecular flexibility index (Phi) is 12.9. The SMILES string of the molecule is C=CC(C(C)C1(C(C)(CC)C(C)(CC)CCC(CCC)C(C)(C)C(C)(CS)C2CC2C2(CCC3CC3)CC2)CC1)C1(CCC(C)(CCC)C2(C)CCC2)CC1. The molecule has 9 atom stereocenters. The Balaban J connectivity index is 1.17. The van der Waals surface area contributed by atoms with E-state index >= 15 is 0 Å². The topological polar surface area (TPSA) is 0 Å². The lowest BCUT2D eigenvalue weighted by Gasteiger charge is -2.57. The zero-order valence-corrected chi connectivity index (χ0v) is 40.3. The molecular weight excluding hydrogens is 681 g/mol. The first-order chi connectivity index (χ1) is 25.9. The molecule has 0 saturated heterocycles. The van der Waals surface area contributed by atoms with Gasteiger partial charge in [0.25, 0.3) is 0 Å². The molecule has 9 unspecified atom stereocenters. The molecule has 0 heterocycles. The summed E-state index contributed by atoms with van der Waals surface area (Å²) in [6, 6.07) is 0. The van der Waals surface area contributed by atoms with Gasteiger partial charge in [0.05, 0.1) is 0 Å². The van der Waals surface area contributed by atoms with E-state index in [1.807, 2.05) is 0 Å². The van der Waals surface area contributed by atoms with Crippen LogP contribution in [0.3, 0.4) is 0 Å². The van der Waals surface area contributed by atoms with Crippen LogP contribution in [0.5, 0.6) is 0 Å². The van der Waals surface area contributed by atoms with Crippen molar-refractivity contribution in [3.63, 3.8) is 0 Å². The molecule has 0 spiro atoms. The number of hydrogen-bond acceptors (Lipinski definition) is 1. The molecule has 6 aliphatic rings. The average Bonchev–Trinajstić information content (AvgIpc) is 3.93. The number of thiol groups is 1. The minimum Gasteiger partial charge on any atom is -0.179 e. The van der Waals surface area contributed by atoms with Crippen LogP contribution in [0, 0.1) is 84.2 Å². The Morgan fingerprint density at radius 3 is 1.87 bits per heavy atom. The summed E-state index contributed by atoms with van der Waals surface area (Å²) in [7, 11) is 0. The second-order valence-electron chi connectivity index (χ2n) is 24.5.